The van der Waals surface area contributed by atoms with E-state index in [2.05, 4.69) is 25.8 Å². The molecule has 2 rings (SSSR count). The number of hydrogen-bond acceptors (Lipinski definition) is 4. The summed E-state index contributed by atoms with van der Waals surface area (Å²) in [6, 6.07) is 0. The molecule has 0 bridgehead atoms. The van der Waals surface area contributed by atoms with Crippen LogP contribution in [0.15, 0.2) is 9.52 Å². The molecule has 0 aliphatic heterocycles. The lowest BCUT2D eigenvalue weighted by atomic mass is 10.0. The van der Waals surface area contributed by atoms with Gasteiger partial charge in [-0.05, 0) is 19.3 Å². The van der Waals surface area contributed by atoms with Gasteiger partial charge in [0.05, 0.1) is 0 Å². The van der Waals surface area contributed by atoms with Crippen LogP contribution in [-0.2, 0) is 6.42 Å². The van der Waals surface area contributed by atoms with Crippen molar-refractivity contribution in [1.29, 1.82) is 0 Å². The Balaban J connectivity index is 0.00000264. The van der Waals surface area contributed by atoms with Crippen LogP contribution in [0, 0.1) is 12.8 Å². The van der Waals surface area contributed by atoms with Gasteiger partial charge in [0, 0.05) is 26.6 Å². The van der Waals surface area contributed by atoms with Gasteiger partial charge in [-0.1, -0.05) is 43.7 Å². The zero-order chi connectivity index (χ0) is 15.6. The molecule has 0 amide bonds. The van der Waals surface area contributed by atoms with Gasteiger partial charge in [-0.2, -0.15) is 4.98 Å². The molecule has 0 unspecified atom stereocenters. The van der Waals surface area contributed by atoms with Crippen molar-refractivity contribution >= 4 is 29.9 Å². The number of aryl methyl sites for hydroxylation is 1. The van der Waals surface area contributed by atoms with Crippen LogP contribution in [0.1, 0.15) is 56.7 Å². The first-order chi connectivity index (χ1) is 10.8. The van der Waals surface area contributed by atoms with Gasteiger partial charge >= 0.3 is 0 Å². The van der Waals surface area contributed by atoms with Crippen LogP contribution in [0.5, 0.6) is 0 Å². The number of hydrogen-bond donors (Lipinski definition) is 2. The number of nitrogens with one attached hydrogen (secondary N) is 2. The first-order valence-electron chi connectivity index (χ1n) is 8.51. The highest BCUT2D eigenvalue weighted by Gasteiger charge is 2.13. The van der Waals surface area contributed by atoms with E-state index in [0.29, 0.717) is 18.1 Å². The van der Waals surface area contributed by atoms with Crippen molar-refractivity contribution in [2.45, 2.75) is 58.3 Å². The van der Waals surface area contributed by atoms with E-state index >= 15 is 0 Å². The third kappa shape index (κ3) is 7.99. The molecular formula is C16H30IN5O. The summed E-state index contributed by atoms with van der Waals surface area (Å²) in [7, 11) is 1.80. The summed E-state index contributed by atoms with van der Waals surface area (Å²) >= 11 is 0. The van der Waals surface area contributed by atoms with Gasteiger partial charge in [0.1, 0.15) is 0 Å². The van der Waals surface area contributed by atoms with E-state index in [1.165, 1.54) is 44.9 Å². The maximum atomic E-state index is 5.08. The molecule has 6 nitrogen and oxygen atoms in total. The zero-order valence-electron chi connectivity index (χ0n) is 14.3. The summed E-state index contributed by atoms with van der Waals surface area (Å²) in [6.07, 6.45) is 10.4. The molecule has 1 aromatic rings. The van der Waals surface area contributed by atoms with Gasteiger partial charge in [0.15, 0.2) is 11.8 Å². The highest BCUT2D eigenvalue weighted by molar-refractivity contribution is 14.0. The highest BCUT2D eigenvalue weighted by atomic mass is 127. The van der Waals surface area contributed by atoms with Crippen LogP contribution in [0.4, 0.5) is 0 Å². The number of nitrogens with zero attached hydrogens (tertiary/aromatic N) is 3. The monoisotopic (exact) mass is 435 g/mol. The van der Waals surface area contributed by atoms with Crippen LogP contribution in [-0.4, -0.2) is 36.2 Å². The predicted octanol–water partition coefficient (Wildman–Crippen LogP) is 3.06. The average molecular weight is 435 g/mol. The summed E-state index contributed by atoms with van der Waals surface area (Å²) in [5.74, 6) is 3.18. The largest absolute Gasteiger partial charge is 0.356 e. The summed E-state index contributed by atoms with van der Waals surface area (Å²) in [5, 5.41) is 10.4. The second kappa shape index (κ2) is 11.6. The van der Waals surface area contributed by atoms with Gasteiger partial charge in [0.25, 0.3) is 0 Å². The van der Waals surface area contributed by atoms with Crippen LogP contribution in [0.3, 0.4) is 0 Å². The topological polar surface area (TPSA) is 75.3 Å². The molecule has 23 heavy (non-hydrogen) atoms. The Morgan fingerprint density at radius 2 is 1.96 bits per heavy atom. The molecule has 0 spiro atoms. The number of unbranched alkanes of at least 4 members (excludes halogenated alkanes) is 1. The molecule has 0 aromatic carbocycles. The third-order valence-electron chi connectivity index (χ3n) is 4.23. The second-order valence-electron chi connectivity index (χ2n) is 6.06. The van der Waals surface area contributed by atoms with E-state index < -0.39 is 0 Å². The lowest BCUT2D eigenvalue weighted by molar-refractivity contribution is 0.374. The first kappa shape index (κ1) is 20.2. The summed E-state index contributed by atoms with van der Waals surface area (Å²) in [4.78, 5) is 8.41. The molecule has 0 radical (unpaired) electrons. The van der Waals surface area contributed by atoms with Crippen LogP contribution < -0.4 is 10.6 Å². The van der Waals surface area contributed by atoms with Crippen molar-refractivity contribution in [3.63, 3.8) is 0 Å². The van der Waals surface area contributed by atoms with Gasteiger partial charge in [0.2, 0.25) is 5.89 Å². The maximum absolute atomic E-state index is 5.08. The number of halogens is 1. The smallest absolute Gasteiger partial charge is 0.228 e. The number of aromatic nitrogens is 2. The van der Waals surface area contributed by atoms with E-state index in [-0.39, 0.29) is 24.0 Å². The van der Waals surface area contributed by atoms with E-state index in [4.69, 9.17) is 4.52 Å². The summed E-state index contributed by atoms with van der Waals surface area (Å²) < 4.78 is 5.08. The standard InChI is InChI=1S/C16H29N5O.HI/c1-13-20-15(22-21-13)10-12-19-16(17-2)18-11-6-5-9-14-7-3-4-8-14;/h14H,3-12H2,1-2H3,(H2,17,18,19);1H. The minimum atomic E-state index is 0. The van der Waals surface area contributed by atoms with Crippen LogP contribution >= 0.6 is 24.0 Å². The zero-order valence-corrected chi connectivity index (χ0v) is 16.6. The highest BCUT2D eigenvalue weighted by Crippen LogP contribution is 2.28. The van der Waals surface area contributed by atoms with Crippen molar-refractivity contribution in [2.75, 3.05) is 20.1 Å². The quantitative estimate of drug-likeness (QED) is 0.284. The van der Waals surface area contributed by atoms with Gasteiger partial charge in [-0.3, -0.25) is 4.99 Å². The predicted molar refractivity (Wildman–Crippen MR) is 103 cm³/mol. The fourth-order valence-electron chi connectivity index (χ4n) is 3.01. The lowest BCUT2D eigenvalue weighted by Gasteiger charge is -2.12. The van der Waals surface area contributed by atoms with Gasteiger partial charge in [-0.25, -0.2) is 0 Å². The Morgan fingerprint density at radius 3 is 2.61 bits per heavy atom. The molecule has 1 heterocycles. The molecular weight excluding hydrogens is 405 g/mol. The Kier molecular flexibility index (Phi) is 10.2. The van der Waals surface area contributed by atoms with Gasteiger partial charge < -0.3 is 15.2 Å². The third-order valence-corrected chi connectivity index (χ3v) is 4.23. The molecule has 0 atom stereocenters. The van der Waals surface area contributed by atoms with Crippen molar-refractivity contribution in [2.24, 2.45) is 10.9 Å². The molecule has 2 N–H and O–H groups in total. The van der Waals surface area contributed by atoms with E-state index in [1.807, 2.05) is 6.92 Å². The van der Waals surface area contributed by atoms with Gasteiger partial charge in [-0.15, -0.1) is 24.0 Å². The Bertz CT molecular complexity index is 457. The number of aliphatic imine (C=N–C) groups is 1. The Morgan fingerprint density at radius 1 is 1.22 bits per heavy atom. The molecule has 1 aliphatic carbocycles. The average Bonchev–Trinajstić information content (AvgIpc) is 3.17. The summed E-state index contributed by atoms with van der Waals surface area (Å²) in [6.45, 7) is 3.54. The molecule has 7 heteroatoms. The maximum Gasteiger partial charge on any atom is 0.228 e. The van der Waals surface area contributed by atoms with Crippen molar-refractivity contribution in [3.8, 4) is 0 Å². The van der Waals surface area contributed by atoms with Crippen molar-refractivity contribution in [1.82, 2.24) is 20.8 Å². The fraction of sp³-hybridized carbons (Fsp3) is 0.812. The molecule has 132 valence electrons. The number of rotatable bonds is 8. The first-order valence-corrected chi connectivity index (χ1v) is 8.51. The SMILES string of the molecule is CN=C(NCCCCC1CCCC1)NCCc1nc(C)no1.I. The Hall–Kier alpha value is -0.860. The minimum Gasteiger partial charge on any atom is -0.356 e. The van der Waals surface area contributed by atoms with Crippen LogP contribution in [0.2, 0.25) is 0 Å². The fourth-order valence-corrected chi connectivity index (χ4v) is 3.01. The molecule has 1 fully saturated rings. The molecule has 1 saturated carbocycles. The van der Waals surface area contributed by atoms with E-state index in [1.54, 1.807) is 7.05 Å². The normalized spacial score (nSPS) is 15.5. The summed E-state index contributed by atoms with van der Waals surface area (Å²) in [5.41, 5.74) is 0. The second-order valence-corrected chi connectivity index (χ2v) is 6.06. The van der Waals surface area contributed by atoms with Crippen LogP contribution in [0.25, 0.3) is 0 Å². The Labute approximate surface area is 156 Å². The molecule has 1 aliphatic rings. The van der Waals surface area contributed by atoms with E-state index in [9.17, 15) is 0 Å². The van der Waals surface area contributed by atoms with Crippen molar-refractivity contribution in [3.05, 3.63) is 11.7 Å². The number of guanidine groups is 1. The lowest BCUT2D eigenvalue weighted by Crippen LogP contribution is -2.38. The molecule has 1 aromatic heterocycles. The minimum absolute atomic E-state index is 0. The molecule has 0 saturated heterocycles. The van der Waals surface area contributed by atoms with Crippen molar-refractivity contribution < 1.29 is 4.52 Å². The van der Waals surface area contributed by atoms with E-state index in [0.717, 1.165) is 25.0 Å².